The van der Waals surface area contributed by atoms with Gasteiger partial charge >= 0.3 is 0 Å². The molecule has 5 rings (SSSR count). The Labute approximate surface area is 259 Å². The second kappa shape index (κ2) is 13.2. The molecule has 1 N–H and O–H groups in total. The smallest absolute Gasteiger partial charge is 0.250 e. The number of carbonyl (C=O) groups is 3. The molecule has 2 bridgehead atoms. The maximum absolute atomic E-state index is 14.8. The SMILES string of the molecule is C=CCN(Cn1nnc2ccccc21)C(=O)C1N(CCCCCO)C(=O)[C@@H]2[C@H](C(=O)N(CC=C)CCC)[C@]3(CC)CCC12O3. The lowest BCUT2D eigenvalue weighted by Gasteiger charge is -2.37. The van der Waals surface area contributed by atoms with Crippen molar-refractivity contribution in [3.05, 3.63) is 49.6 Å². The van der Waals surface area contributed by atoms with Gasteiger partial charge in [-0.1, -0.05) is 43.3 Å². The summed E-state index contributed by atoms with van der Waals surface area (Å²) in [5.74, 6) is -1.97. The molecular weight excluding hydrogens is 560 g/mol. The van der Waals surface area contributed by atoms with Crippen molar-refractivity contribution in [2.75, 3.05) is 32.8 Å². The number of hydrogen-bond acceptors (Lipinski definition) is 7. The minimum atomic E-state index is -1.11. The molecule has 3 saturated heterocycles. The second-order valence-electron chi connectivity index (χ2n) is 12.3. The summed E-state index contributed by atoms with van der Waals surface area (Å²) in [5, 5.41) is 17.9. The van der Waals surface area contributed by atoms with E-state index >= 15 is 0 Å². The van der Waals surface area contributed by atoms with Crippen LogP contribution in [0.4, 0.5) is 0 Å². The van der Waals surface area contributed by atoms with E-state index in [2.05, 4.69) is 23.5 Å². The predicted octanol–water partition coefficient (Wildman–Crippen LogP) is 3.15. The maximum atomic E-state index is 14.8. The summed E-state index contributed by atoms with van der Waals surface area (Å²) >= 11 is 0. The monoisotopic (exact) mass is 606 g/mol. The number of fused-ring (bicyclic) bond motifs is 2. The van der Waals surface area contributed by atoms with Gasteiger partial charge < -0.3 is 24.5 Å². The highest BCUT2D eigenvalue weighted by Gasteiger charge is 2.79. The fourth-order valence-corrected chi connectivity index (χ4v) is 7.83. The van der Waals surface area contributed by atoms with Crippen LogP contribution in [0.25, 0.3) is 11.0 Å². The minimum Gasteiger partial charge on any atom is -0.396 e. The van der Waals surface area contributed by atoms with Crippen LogP contribution in [0.5, 0.6) is 0 Å². The number of para-hydroxylation sites is 1. The fourth-order valence-electron chi connectivity index (χ4n) is 7.83. The number of nitrogens with zero attached hydrogens (tertiary/aromatic N) is 6. The van der Waals surface area contributed by atoms with Crippen molar-refractivity contribution in [2.45, 2.75) is 82.7 Å². The molecule has 1 aromatic heterocycles. The van der Waals surface area contributed by atoms with Crippen LogP contribution < -0.4 is 0 Å². The van der Waals surface area contributed by atoms with Gasteiger partial charge in [0.2, 0.25) is 17.7 Å². The Kier molecular flexibility index (Phi) is 9.55. The molecule has 0 saturated carbocycles. The third-order valence-electron chi connectivity index (χ3n) is 9.78. The zero-order valence-electron chi connectivity index (χ0n) is 26.1. The van der Waals surface area contributed by atoms with Crippen molar-refractivity contribution in [1.82, 2.24) is 29.7 Å². The number of unbranched alkanes of at least 4 members (excludes halogenated alkanes) is 2. The van der Waals surface area contributed by atoms with Gasteiger partial charge in [-0.3, -0.25) is 14.4 Å². The lowest BCUT2D eigenvalue weighted by Crippen LogP contribution is -2.56. The van der Waals surface area contributed by atoms with E-state index in [1.807, 2.05) is 38.1 Å². The van der Waals surface area contributed by atoms with Crippen molar-refractivity contribution in [2.24, 2.45) is 11.8 Å². The number of amides is 3. The number of carbonyl (C=O) groups excluding carboxylic acids is 3. The Balaban J connectivity index is 1.54. The van der Waals surface area contributed by atoms with E-state index in [-0.39, 0.29) is 37.5 Å². The van der Waals surface area contributed by atoms with Gasteiger partial charge in [-0.05, 0) is 57.1 Å². The van der Waals surface area contributed by atoms with Gasteiger partial charge in [0.05, 0.1) is 23.0 Å². The Hall–Kier alpha value is -3.57. The number of ether oxygens (including phenoxy) is 1. The average Bonchev–Trinajstić information content (AvgIpc) is 3.75. The van der Waals surface area contributed by atoms with Crippen molar-refractivity contribution in [3.8, 4) is 0 Å². The summed E-state index contributed by atoms with van der Waals surface area (Å²) in [7, 11) is 0. The van der Waals surface area contributed by atoms with Gasteiger partial charge in [0.1, 0.15) is 23.8 Å². The number of rotatable bonds is 16. The first-order valence-corrected chi connectivity index (χ1v) is 16.0. The number of hydrogen-bond donors (Lipinski definition) is 1. The fraction of sp³-hybridized carbons (Fsp3) is 0.606. The number of likely N-dealkylation sites (tertiary alicyclic amines) is 1. The summed E-state index contributed by atoms with van der Waals surface area (Å²) in [6.07, 6.45) is 7.82. The molecule has 3 aliphatic rings. The largest absolute Gasteiger partial charge is 0.396 e. The van der Waals surface area contributed by atoms with Gasteiger partial charge in [0, 0.05) is 32.8 Å². The summed E-state index contributed by atoms with van der Waals surface area (Å²) in [6, 6.07) is 6.66. The number of benzene rings is 1. The van der Waals surface area contributed by atoms with Gasteiger partial charge in [-0.15, -0.1) is 18.3 Å². The maximum Gasteiger partial charge on any atom is 0.250 e. The molecule has 0 aliphatic carbocycles. The Morgan fingerprint density at radius 1 is 1.09 bits per heavy atom. The van der Waals surface area contributed by atoms with E-state index in [0.717, 1.165) is 17.5 Å². The first kappa shape index (κ1) is 31.8. The van der Waals surface area contributed by atoms with Crippen molar-refractivity contribution in [3.63, 3.8) is 0 Å². The van der Waals surface area contributed by atoms with E-state index in [0.29, 0.717) is 58.2 Å². The van der Waals surface area contributed by atoms with E-state index in [4.69, 9.17) is 4.74 Å². The summed E-state index contributed by atoms with van der Waals surface area (Å²) in [4.78, 5) is 48.7. The molecule has 238 valence electrons. The summed E-state index contributed by atoms with van der Waals surface area (Å²) in [6.45, 7) is 13.5. The lowest BCUT2D eigenvalue weighted by atomic mass is 9.64. The van der Waals surface area contributed by atoms with E-state index in [1.165, 1.54) is 0 Å². The van der Waals surface area contributed by atoms with E-state index < -0.39 is 29.1 Å². The van der Waals surface area contributed by atoms with Crippen molar-refractivity contribution in [1.29, 1.82) is 0 Å². The molecule has 4 heterocycles. The molecule has 3 amide bonds. The zero-order chi connectivity index (χ0) is 31.5. The molecule has 2 aromatic rings. The van der Waals surface area contributed by atoms with Crippen LogP contribution in [-0.2, 0) is 25.8 Å². The van der Waals surface area contributed by atoms with Crippen LogP contribution in [0.15, 0.2) is 49.6 Å². The van der Waals surface area contributed by atoms with Gasteiger partial charge in [0.25, 0.3) is 0 Å². The zero-order valence-corrected chi connectivity index (χ0v) is 26.1. The highest BCUT2D eigenvalue weighted by Crippen LogP contribution is 2.64. The summed E-state index contributed by atoms with van der Waals surface area (Å²) in [5.41, 5.74) is -0.408. The van der Waals surface area contributed by atoms with Crippen LogP contribution >= 0.6 is 0 Å². The number of aliphatic hydroxyl groups is 1. The Morgan fingerprint density at radius 2 is 1.84 bits per heavy atom. The third-order valence-corrected chi connectivity index (χ3v) is 9.78. The average molecular weight is 607 g/mol. The topological polar surface area (TPSA) is 121 Å². The molecule has 44 heavy (non-hydrogen) atoms. The molecule has 3 fully saturated rings. The molecule has 3 aliphatic heterocycles. The Morgan fingerprint density at radius 3 is 2.55 bits per heavy atom. The van der Waals surface area contributed by atoms with Crippen molar-refractivity contribution >= 4 is 28.8 Å². The molecular formula is C33H46N6O5. The first-order valence-electron chi connectivity index (χ1n) is 16.0. The molecule has 11 heteroatoms. The highest BCUT2D eigenvalue weighted by molar-refractivity contribution is 5.99. The van der Waals surface area contributed by atoms with Crippen LogP contribution in [0, 0.1) is 11.8 Å². The molecule has 1 aromatic carbocycles. The highest BCUT2D eigenvalue weighted by atomic mass is 16.5. The molecule has 0 radical (unpaired) electrons. The second-order valence-corrected chi connectivity index (χ2v) is 12.3. The standard InChI is InChI=1S/C33H46N6O5/c1-5-18-36(19-6-2)29(41)26-27-30(42)38(21-12-9-13-22-40)28(33(27)17-16-32(26,8-4)44-33)31(43)37(20-7-3)23-39-25-15-11-10-14-24(25)34-35-39/h5,7,10-11,14-15,26-28,40H,1,3,6,8-9,12-13,16-23H2,2,4H3/t26-,27+,28?,32+,33?/m1/s1. The summed E-state index contributed by atoms with van der Waals surface area (Å²) < 4.78 is 8.65. The molecule has 1 spiro atoms. The first-order chi connectivity index (χ1) is 21.3. The minimum absolute atomic E-state index is 0.0666. The third kappa shape index (κ3) is 5.23. The number of aliphatic hydroxyl groups excluding tert-OH is 1. The van der Waals surface area contributed by atoms with Crippen LogP contribution in [-0.4, -0.2) is 103 Å². The van der Waals surface area contributed by atoms with Crippen LogP contribution in [0.2, 0.25) is 0 Å². The van der Waals surface area contributed by atoms with Crippen LogP contribution in [0.1, 0.15) is 58.8 Å². The number of aromatic nitrogens is 3. The van der Waals surface area contributed by atoms with Crippen LogP contribution in [0.3, 0.4) is 0 Å². The van der Waals surface area contributed by atoms with Gasteiger partial charge in [-0.25, -0.2) is 4.68 Å². The molecule has 11 nitrogen and oxygen atoms in total. The van der Waals surface area contributed by atoms with E-state index in [1.54, 1.807) is 31.5 Å². The molecule has 5 atom stereocenters. The van der Waals surface area contributed by atoms with Gasteiger partial charge in [0.15, 0.2) is 0 Å². The normalized spacial score (nSPS) is 27.1. The van der Waals surface area contributed by atoms with Crippen molar-refractivity contribution < 1.29 is 24.2 Å². The van der Waals surface area contributed by atoms with E-state index in [9.17, 15) is 19.5 Å². The lowest BCUT2D eigenvalue weighted by molar-refractivity contribution is -0.155. The predicted molar refractivity (Wildman–Crippen MR) is 166 cm³/mol. The van der Waals surface area contributed by atoms with Gasteiger partial charge in [-0.2, -0.15) is 0 Å². The molecule has 2 unspecified atom stereocenters. The quantitative estimate of drug-likeness (QED) is 0.230. The Bertz CT molecular complexity index is 1390.